The van der Waals surface area contributed by atoms with E-state index in [9.17, 15) is 0 Å². The molecular weight excluding hydrogens is 182 g/mol. The van der Waals surface area contributed by atoms with Crippen LogP contribution >= 0.6 is 0 Å². The molecule has 0 amide bonds. The first-order chi connectivity index (χ1) is 6.90. The number of hydrogen-bond donors (Lipinski definition) is 0. The van der Waals surface area contributed by atoms with Crippen LogP contribution < -0.4 is 0 Å². The van der Waals surface area contributed by atoms with Crippen LogP contribution in [0.25, 0.3) is 0 Å². The molecule has 0 aromatic carbocycles. The van der Waals surface area contributed by atoms with E-state index in [1.54, 1.807) is 0 Å². The highest BCUT2D eigenvalue weighted by atomic mass is 15.2. The fourth-order valence-electron chi connectivity index (χ4n) is 3.28. The summed E-state index contributed by atoms with van der Waals surface area (Å²) in [6.45, 7) is 16.9. The molecule has 0 N–H and O–H groups in total. The summed E-state index contributed by atoms with van der Waals surface area (Å²) in [5.74, 6) is 1.65. The van der Waals surface area contributed by atoms with Gasteiger partial charge in [0.25, 0.3) is 0 Å². The maximum Gasteiger partial charge on any atom is 0.00385 e. The largest absolute Gasteiger partial charge is 0.301 e. The lowest BCUT2D eigenvalue weighted by Crippen LogP contribution is -2.47. The molecule has 0 spiro atoms. The maximum absolute atomic E-state index is 2.63. The van der Waals surface area contributed by atoms with Gasteiger partial charge in [-0.1, -0.05) is 27.7 Å². The fourth-order valence-corrected chi connectivity index (χ4v) is 3.28. The van der Waals surface area contributed by atoms with Gasteiger partial charge in [0.15, 0.2) is 0 Å². The van der Waals surface area contributed by atoms with Crippen molar-refractivity contribution in [1.82, 2.24) is 4.90 Å². The predicted octanol–water partition coefficient (Wildman–Crippen LogP) is 3.79. The Kier molecular flexibility index (Phi) is 4.22. The molecule has 90 valence electrons. The van der Waals surface area contributed by atoms with E-state index in [1.165, 1.54) is 25.9 Å². The van der Waals surface area contributed by atoms with Gasteiger partial charge in [0.1, 0.15) is 0 Å². The first-order valence-electron chi connectivity index (χ1n) is 6.64. The normalized spacial score (nSPS) is 23.0. The highest BCUT2D eigenvalue weighted by Crippen LogP contribution is 2.45. The molecule has 1 nitrogen and oxygen atoms in total. The van der Waals surface area contributed by atoms with E-state index in [4.69, 9.17) is 0 Å². The molecule has 0 unspecified atom stereocenters. The number of hydrogen-bond acceptors (Lipinski definition) is 1. The number of nitrogens with zero attached hydrogens (tertiary/aromatic N) is 1. The third-order valence-corrected chi connectivity index (χ3v) is 4.76. The van der Waals surface area contributed by atoms with E-state index in [0.29, 0.717) is 5.41 Å². The van der Waals surface area contributed by atoms with Gasteiger partial charge in [0.2, 0.25) is 0 Å². The molecule has 0 radical (unpaired) electrons. The van der Waals surface area contributed by atoms with Gasteiger partial charge in [-0.25, -0.2) is 0 Å². The Morgan fingerprint density at radius 3 is 1.47 bits per heavy atom. The molecule has 0 atom stereocenters. The van der Waals surface area contributed by atoms with Crippen molar-refractivity contribution in [2.45, 2.75) is 60.4 Å². The first-order valence-corrected chi connectivity index (χ1v) is 6.64. The van der Waals surface area contributed by atoms with Gasteiger partial charge in [0, 0.05) is 6.04 Å². The number of likely N-dealkylation sites (tertiary alicyclic amines) is 1. The second-order valence-corrected chi connectivity index (χ2v) is 6.17. The Hall–Kier alpha value is -0.0400. The van der Waals surface area contributed by atoms with Crippen molar-refractivity contribution in [3.05, 3.63) is 0 Å². The standard InChI is InChI=1S/C14H29N/c1-11(2)14(12(3)4)7-9-15(10-8-14)13(5)6/h11-13H,7-10H2,1-6H3. The number of piperidine rings is 1. The van der Waals surface area contributed by atoms with Crippen LogP contribution in [0.5, 0.6) is 0 Å². The predicted molar refractivity (Wildman–Crippen MR) is 68.1 cm³/mol. The second-order valence-electron chi connectivity index (χ2n) is 6.17. The zero-order valence-electron chi connectivity index (χ0n) is 11.5. The molecule has 0 aliphatic carbocycles. The van der Waals surface area contributed by atoms with Crippen molar-refractivity contribution >= 4 is 0 Å². The SMILES string of the molecule is CC(C)N1CCC(C(C)C)(C(C)C)CC1. The van der Waals surface area contributed by atoms with Crippen molar-refractivity contribution in [2.75, 3.05) is 13.1 Å². The summed E-state index contributed by atoms with van der Waals surface area (Å²) in [7, 11) is 0. The molecule has 1 aliphatic heterocycles. The van der Waals surface area contributed by atoms with Gasteiger partial charge < -0.3 is 4.90 Å². The molecule has 1 saturated heterocycles. The topological polar surface area (TPSA) is 3.24 Å². The van der Waals surface area contributed by atoms with Gasteiger partial charge in [0.05, 0.1) is 0 Å². The lowest BCUT2D eigenvalue weighted by molar-refractivity contribution is 0.00908. The zero-order chi connectivity index (χ0) is 11.6. The minimum Gasteiger partial charge on any atom is -0.301 e. The van der Waals surface area contributed by atoms with Crippen LogP contribution in [0.1, 0.15) is 54.4 Å². The molecule has 0 aromatic rings. The van der Waals surface area contributed by atoms with Crippen LogP contribution in [0.15, 0.2) is 0 Å². The quantitative estimate of drug-likeness (QED) is 0.686. The van der Waals surface area contributed by atoms with Crippen molar-refractivity contribution in [1.29, 1.82) is 0 Å². The summed E-state index contributed by atoms with van der Waals surface area (Å²) < 4.78 is 0. The molecule has 1 heterocycles. The third-order valence-electron chi connectivity index (χ3n) is 4.76. The Morgan fingerprint density at radius 2 is 1.20 bits per heavy atom. The Bertz CT molecular complexity index is 176. The van der Waals surface area contributed by atoms with Gasteiger partial charge in [-0.3, -0.25) is 0 Å². The number of rotatable bonds is 3. The highest BCUT2D eigenvalue weighted by molar-refractivity contribution is 4.91. The highest BCUT2D eigenvalue weighted by Gasteiger charge is 2.39. The molecule has 1 fully saturated rings. The summed E-state index contributed by atoms with van der Waals surface area (Å²) >= 11 is 0. The van der Waals surface area contributed by atoms with Crippen molar-refractivity contribution in [2.24, 2.45) is 17.3 Å². The van der Waals surface area contributed by atoms with Gasteiger partial charge in [-0.15, -0.1) is 0 Å². The summed E-state index contributed by atoms with van der Waals surface area (Å²) in [4.78, 5) is 2.63. The summed E-state index contributed by atoms with van der Waals surface area (Å²) in [6, 6.07) is 0.724. The van der Waals surface area contributed by atoms with Crippen molar-refractivity contribution in [3.8, 4) is 0 Å². The van der Waals surface area contributed by atoms with Crippen LogP contribution in [0.3, 0.4) is 0 Å². The molecule has 0 aromatic heterocycles. The second kappa shape index (κ2) is 4.86. The Morgan fingerprint density at radius 1 is 0.800 bits per heavy atom. The minimum absolute atomic E-state index is 0.603. The van der Waals surface area contributed by atoms with Crippen LogP contribution in [0, 0.1) is 17.3 Å². The maximum atomic E-state index is 2.63. The molecule has 1 rings (SSSR count). The van der Waals surface area contributed by atoms with Crippen molar-refractivity contribution in [3.63, 3.8) is 0 Å². The molecule has 1 heteroatoms. The smallest absolute Gasteiger partial charge is 0.00385 e. The zero-order valence-corrected chi connectivity index (χ0v) is 11.5. The van der Waals surface area contributed by atoms with Crippen LogP contribution in [0.2, 0.25) is 0 Å². The van der Waals surface area contributed by atoms with E-state index >= 15 is 0 Å². The summed E-state index contributed by atoms with van der Waals surface area (Å²) in [5, 5.41) is 0. The van der Waals surface area contributed by atoms with Crippen LogP contribution in [-0.2, 0) is 0 Å². The van der Waals surface area contributed by atoms with E-state index in [2.05, 4.69) is 46.4 Å². The molecule has 15 heavy (non-hydrogen) atoms. The van der Waals surface area contributed by atoms with Gasteiger partial charge in [-0.05, 0) is 57.0 Å². The minimum atomic E-state index is 0.603. The van der Waals surface area contributed by atoms with E-state index in [1.807, 2.05) is 0 Å². The molecular formula is C14H29N. The van der Waals surface area contributed by atoms with Gasteiger partial charge >= 0.3 is 0 Å². The van der Waals surface area contributed by atoms with E-state index in [0.717, 1.165) is 17.9 Å². The lowest BCUT2D eigenvalue weighted by Gasteiger charge is -2.48. The molecule has 0 saturated carbocycles. The summed E-state index contributed by atoms with van der Waals surface area (Å²) in [5.41, 5.74) is 0.603. The molecule has 1 aliphatic rings. The van der Waals surface area contributed by atoms with E-state index < -0.39 is 0 Å². The van der Waals surface area contributed by atoms with E-state index in [-0.39, 0.29) is 0 Å². The lowest BCUT2D eigenvalue weighted by atomic mass is 9.63. The van der Waals surface area contributed by atoms with Gasteiger partial charge in [-0.2, -0.15) is 0 Å². The van der Waals surface area contributed by atoms with Crippen LogP contribution in [-0.4, -0.2) is 24.0 Å². The third kappa shape index (κ3) is 2.55. The average molecular weight is 211 g/mol. The monoisotopic (exact) mass is 211 g/mol. The first kappa shape index (κ1) is 13.0. The molecule has 0 bridgehead atoms. The Labute approximate surface area is 96.2 Å². The van der Waals surface area contributed by atoms with Crippen LogP contribution in [0.4, 0.5) is 0 Å². The average Bonchev–Trinajstić information content (AvgIpc) is 2.17. The fraction of sp³-hybridized carbons (Fsp3) is 1.00. The Balaban J connectivity index is 2.66. The van der Waals surface area contributed by atoms with Crippen molar-refractivity contribution < 1.29 is 0 Å². The summed E-state index contributed by atoms with van der Waals surface area (Å²) in [6.07, 6.45) is 2.78.